The first-order chi connectivity index (χ1) is 15.7. The molecule has 10 heteroatoms. The predicted octanol–water partition coefficient (Wildman–Crippen LogP) is 2.50. The van der Waals surface area contributed by atoms with E-state index in [1.807, 2.05) is 6.92 Å². The monoisotopic (exact) mass is 475 g/mol. The van der Waals surface area contributed by atoms with Gasteiger partial charge in [0, 0.05) is 33.2 Å². The molecule has 0 radical (unpaired) electrons. The maximum atomic E-state index is 12.8. The van der Waals surface area contributed by atoms with E-state index in [4.69, 9.17) is 9.47 Å². The van der Waals surface area contributed by atoms with Gasteiger partial charge in [-0.15, -0.1) is 0 Å². The van der Waals surface area contributed by atoms with Gasteiger partial charge in [0.05, 0.1) is 17.2 Å². The molecule has 0 atom stereocenters. The van der Waals surface area contributed by atoms with Crippen molar-refractivity contribution in [2.24, 2.45) is 0 Å². The van der Waals surface area contributed by atoms with Crippen molar-refractivity contribution in [2.75, 3.05) is 50.7 Å². The zero-order valence-electron chi connectivity index (χ0n) is 19.1. The fraction of sp³-hybridized carbons (Fsp3) is 0.391. The molecule has 0 unspecified atom stereocenters. The molecule has 1 heterocycles. The quantitative estimate of drug-likeness (QED) is 0.611. The van der Waals surface area contributed by atoms with Crippen molar-refractivity contribution >= 4 is 27.7 Å². The third kappa shape index (κ3) is 5.95. The van der Waals surface area contributed by atoms with Crippen LogP contribution in [0.1, 0.15) is 12.5 Å². The summed E-state index contributed by atoms with van der Waals surface area (Å²) in [6, 6.07) is 13.2. The average molecular weight is 476 g/mol. The van der Waals surface area contributed by atoms with E-state index in [0.29, 0.717) is 44.2 Å². The van der Waals surface area contributed by atoms with Gasteiger partial charge in [0.25, 0.3) is 15.9 Å². The minimum absolute atomic E-state index is 0.143. The van der Waals surface area contributed by atoms with Crippen LogP contribution in [0.3, 0.4) is 0 Å². The Hall–Kier alpha value is -3.27. The van der Waals surface area contributed by atoms with Crippen LogP contribution in [0.5, 0.6) is 5.75 Å². The minimum atomic E-state index is -3.68. The van der Waals surface area contributed by atoms with E-state index < -0.39 is 10.0 Å². The summed E-state index contributed by atoms with van der Waals surface area (Å²) in [6.45, 7) is 5.50. The molecule has 178 valence electrons. The van der Waals surface area contributed by atoms with Gasteiger partial charge in [-0.2, -0.15) is 0 Å². The van der Waals surface area contributed by atoms with Crippen LogP contribution in [0.2, 0.25) is 0 Å². The number of sulfonamides is 1. The van der Waals surface area contributed by atoms with Crippen LogP contribution < -0.4 is 9.04 Å². The number of amides is 2. The molecule has 0 bridgehead atoms. The highest BCUT2D eigenvalue weighted by Crippen LogP contribution is 2.24. The number of aryl methyl sites for hydroxylation is 1. The first-order valence-electron chi connectivity index (χ1n) is 10.7. The molecule has 1 aliphatic heterocycles. The molecule has 2 aromatic carbocycles. The third-order valence-electron chi connectivity index (χ3n) is 5.40. The summed E-state index contributed by atoms with van der Waals surface area (Å²) in [5.74, 6) is 0.278. The van der Waals surface area contributed by atoms with Gasteiger partial charge in [0.1, 0.15) is 5.75 Å². The number of piperazine rings is 1. The van der Waals surface area contributed by atoms with Gasteiger partial charge in [-0.1, -0.05) is 17.7 Å². The van der Waals surface area contributed by atoms with E-state index in [9.17, 15) is 18.0 Å². The summed E-state index contributed by atoms with van der Waals surface area (Å²) in [7, 11) is -2.19. The first kappa shape index (κ1) is 24.4. The number of ether oxygens (including phenoxy) is 2. The van der Waals surface area contributed by atoms with E-state index in [1.54, 1.807) is 65.3 Å². The van der Waals surface area contributed by atoms with Crippen molar-refractivity contribution in [2.45, 2.75) is 18.7 Å². The fourth-order valence-electron chi connectivity index (χ4n) is 3.35. The summed E-state index contributed by atoms with van der Waals surface area (Å²) in [6.07, 6.45) is -0.365. The van der Waals surface area contributed by atoms with Crippen LogP contribution in [0.15, 0.2) is 53.4 Å². The Bertz CT molecular complexity index is 1060. The second-order valence-corrected chi connectivity index (χ2v) is 9.60. The van der Waals surface area contributed by atoms with Crippen LogP contribution >= 0.6 is 0 Å². The Morgan fingerprint density at radius 1 is 0.939 bits per heavy atom. The standard InChI is InChI=1S/C23H29N3O6S/c1-4-31-23(28)26-15-13-25(14-16-26)22(27)17-32-20-9-7-19(8-10-20)24(3)33(29,30)21-11-5-18(2)6-12-21/h5-12H,4,13-17H2,1-3H3. The van der Waals surface area contributed by atoms with Crippen molar-refractivity contribution in [3.05, 3.63) is 54.1 Å². The molecule has 0 spiro atoms. The Balaban J connectivity index is 1.53. The molecule has 0 saturated carbocycles. The van der Waals surface area contributed by atoms with E-state index in [-0.39, 0.29) is 23.5 Å². The average Bonchev–Trinajstić information content (AvgIpc) is 2.83. The summed E-state index contributed by atoms with van der Waals surface area (Å²) < 4.78 is 37.4. The molecule has 0 aliphatic carbocycles. The maximum absolute atomic E-state index is 12.8. The summed E-state index contributed by atoms with van der Waals surface area (Å²) in [5.41, 5.74) is 1.46. The van der Waals surface area contributed by atoms with Crippen LogP contribution in [0.25, 0.3) is 0 Å². The van der Waals surface area contributed by atoms with Gasteiger partial charge in [-0.3, -0.25) is 9.10 Å². The largest absolute Gasteiger partial charge is 0.484 e. The molecular weight excluding hydrogens is 446 g/mol. The lowest BCUT2D eigenvalue weighted by Gasteiger charge is -2.33. The molecule has 33 heavy (non-hydrogen) atoms. The van der Waals surface area contributed by atoms with Crippen LogP contribution in [-0.4, -0.2) is 76.7 Å². The van der Waals surface area contributed by atoms with Gasteiger partial charge in [-0.05, 0) is 50.2 Å². The van der Waals surface area contributed by atoms with Gasteiger partial charge in [0.15, 0.2) is 6.61 Å². The Morgan fingerprint density at radius 2 is 1.52 bits per heavy atom. The van der Waals surface area contributed by atoms with Crippen molar-refractivity contribution < 1.29 is 27.5 Å². The topological polar surface area (TPSA) is 96.5 Å². The minimum Gasteiger partial charge on any atom is -0.484 e. The number of hydrogen-bond acceptors (Lipinski definition) is 6. The predicted molar refractivity (Wildman–Crippen MR) is 124 cm³/mol. The molecule has 1 aliphatic rings. The van der Waals surface area contributed by atoms with Gasteiger partial charge >= 0.3 is 6.09 Å². The molecule has 2 aromatic rings. The number of anilines is 1. The summed E-state index contributed by atoms with van der Waals surface area (Å²) in [4.78, 5) is 27.6. The number of carbonyl (C=O) groups is 2. The molecular formula is C23H29N3O6S. The van der Waals surface area contributed by atoms with Gasteiger partial charge < -0.3 is 19.3 Å². The molecule has 2 amide bonds. The van der Waals surface area contributed by atoms with E-state index in [0.717, 1.165) is 5.56 Å². The Morgan fingerprint density at radius 3 is 2.09 bits per heavy atom. The van der Waals surface area contributed by atoms with Gasteiger partial charge in [0.2, 0.25) is 0 Å². The Kier molecular flexibility index (Phi) is 7.80. The molecule has 9 nitrogen and oxygen atoms in total. The molecule has 0 N–H and O–H groups in total. The van der Waals surface area contributed by atoms with Crippen molar-refractivity contribution in [3.8, 4) is 5.75 Å². The third-order valence-corrected chi connectivity index (χ3v) is 7.20. The number of rotatable bonds is 7. The number of hydrogen-bond donors (Lipinski definition) is 0. The molecule has 0 aromatic heterocycles. The zero-order chi connectivity index (χ0) is 24.0. The fourth-order valence-corrected chi connectivity index (χ4v) is 4.54. The van der Waals surface area contributed by atoms with Crippen LogP contribution in [-0.2, 0) is 19.6 Å². The molecule has 1 fully saturated rings. The highest BCUT2D eigenvalue weighted by molar-refractivity contribution is 7.92. The second kappa shape index (κ2) is 10.6. The van der Waals surface area contributed by atoms with Crippen LogP contribution in [0, 0.1) is 6.92 Å². The van der Waals surface area contributed by atoms with Crippen molar-refractivity contribution in [1.82, 2.24) is 9.80 Å². The number of carbonyl (C=O) groups excluding carboxylic acids is 2. The lowest BCUT2D eigenvalue weighted by molar-refractivity contribution is -0.134. The van der Waals surface area contributed by atoms with E-state index in [1.165, 1.54) is 11.4 Å². The van der Waals surface area contributed by atoms with Crippen molar-refractivity contribution in [3.63, 3.8) is 0 Å². The lowest BCUT2D eigenvalue weighted by Crippen LogP contribution is -2.51. The summed E-state index contributed by atoms with van der Waals surface area (Å²) in [5, 5.41) is 0. The Labute approximate surface area is 194 Å². The van der Waals surface area contributed by atoms with Crippen molar-refractivity contribution in [1.29, 1.82) is 0 Å². The maximum Gasteiger partial charge on any atom is 0.409 e. The van der Waals surface area contributed by atoms with Gasteiger partial charge in [-0.25, -0.2) is 13.2 Å². The zero-order valence-corrected chi connectivity index (χ0v) is 19.9. The normalized spacial score (nSPS) is 14.0. The highest BCUT2D eigenvalue weighted by atomic mass is 32.2. The molecule has 3 rings (SSSR count). The number of nitrogens with zero attached hydrogens (tertiary/aromatic N) is 3. The number of benzene rings is 2. The SMILES string of the molecule is CCOC(=O)N1CCN(C(=O)COc2ccc(N(C)S(=O)(=O)c3ccc(C)cc3)cc2)CC1. The second-order valence-electron chi connectivity index (χ2n) is 7.63. The van der Waals surface area contributed by atoms with E-state index >= 15 is 0 Å². The lowest BCUT2D eigenvalue weighted by atomic mass is 10.2. The molecule has 1 saturated heterocycles. The highest BCUT2D eigenvalue weighted by Gasteiger charge is 2.25. The van der Waals surface area contributed by atoms with E-state index in [2.05, 4.69) is 0 Å². The summed E-state index contributed by atoms with van der Waals surface area (Å²) >= 11 is 0. The smallest absolute Gasteiger partial charge is 0.409 e. The first-order valence-corrected chi connectivity index (χ1v) is 12.1. The van der Waals surface area contributed by atoms with Crippen LogP contribution in [0.4, 0.5) is 10.5 Å².